The van der Waals surface area contributed by atoms with E-state index in [2.05, 4.69) is 20.9 Å². The summed E-state index contributed by atoms with van der Waals surface area (Å²) in [4.78, 5) is 17.3. The molecule has 0 fully saturated rings. The minimum Gasteiger partial charge on any atom is -0.359 e. The van der Waals surface area contributed by atoms with Gasteiger partial charge in [0.15, 0.2) is 0 Å². The maximum absolute atomic E-state index is 12.3. The molecule has 1 N–H and O–H groups in total. The third kappa shape index (κ3) is 2.09. The zero-order valence-electron chi connectivity index (χ0n) is 9.96. The number of para-hydroxylation sites is 1. The quantitative estimate of drug-likeness (QED) is 0.925. The van der Waals surface area contributed by atoms with E-state index in [0.29, 0.717) is 0 Å². The Labute approximate surface area is 109 Å². The predicted molar refractivity (Wildman–Crippen MR) is 73.3 cm³/mol. The van der Waals surface area contributed by atoms with Gasteiger partial charge in [-0.25, -0.2) is 0 Å². The summed E-state index contributed by atoms with van der Waals surface area (Å²) in [7, 11) is 0. The number of carbonyl (C=O) groups is 1. The molecule has 3 nitrogen and oxygen atoms in total. The maximum Gasteiger partial charge on any atom is 0.255 e. The van der Waals surface area contributed by atoms with Crippen molar-refractivity contribution in [2.45, 2.75) is 13.8 Å². The highest BCUT2D eigenvalue weighted by molar-refractivity contribution is 9.10. The minimum absolute atomic E-state index is 0.0787. The van der Waals surface area contributed by atoms with Crippen LogP contribution in [0.1, 0.15) is 24.2 Å². The van der Waals surface area contributed by atoms with Gasteiger partial charge in [0.05, 0.1) is 11.1 Å². The Balaban J connectivity index is 2.52. The highest BCUT2D eigenvalue weighted by atomic mass is 79.9. The number of carbonyl (C=O) groups excluding carboxylic acids is 1. The molecule has 2 rings (SSSR count). The summed E-state index contributed by atoms with van der Waals surface area (Å²) in [6.07, 6.45) is 1.86. The van der Waals surface area contributed by atoms with E-state index in [1.165, 1.54) is 0 Å². The Kier molecular flexibility index (Phi) is 3.52. The molecule has 0 aliphatic heterocycles. The Morgan fingerprint density at radius 2 is 2.06 bits per heavy atom. The highest BCUT2D eigenvalue weighted by Crippen LogP contribution is 2.26. The Morgan fingerprint density at radius 1 is 1.35 bits per heavy atom. The lowest BCUT2D eigenvalue weighted by Crippen LogP contribution is -2.30. The number of benzene rings is 1. The molecule has 1 aromatic carbocycles. The van der Waals surface area contributed by atoms with Crippen LogP contribution in [0.15, 0.2) is 28.9 Å². The molecular weight excluding hydrogens is 280 g/mol. The Morgan fingerprint density at radius 3 is 2.71 bits per heavy atom. The molecule has 4 heteroatoms. The Hall–Kier alpha value is -1.29. The number of rotatable bonds is 3. The number of nitrogens with zero attached hydrogens (tertiary/aromatic N) is 1. The minimum atomic E-state index is 0.0787. The second-order valence-corrected chi connectivity index (χ2v) is 4.70. The van der Waals surface area contributed by atoms with Gasteiger partial charge in [0.1, 0.15) is 0 Å². The van der Waals surface area contributed by atoms with Crippen molar-refractivity contribution in [1.29, 1.82) is 0 Å². The van der Waals surface area contributed by atoms with Gasteiger partial charge in [0.2, 0.25) is 0 Å². The van der Waals surface area contributed by atoms with Gasteiger partial charge < -0.3 is 9.88 Å². The van der Waals surface area contributed by atoms with Crippen molar-refractivity contribution in [3.63, 3.8) is 0 Å². The van der Waals surface area contributed by atoms with Gasteiger partial charge in [-0.05, 0) is 35.8 Å². The van der Waals surface area contributed by atoms with E-state index < -0.39 is 0 Å². The number of fused-ring (bicyclic) bond motifs is 1. The van der Waals surface area contributed by atoms with Crippen LogP contribution in [0.4, 0.5) is 0 Å². The lowest BCUT2D eigenvalue weighted by molar-refractivity contribution is 0.0775. The van der Waals surface area contributed by atoms with Crippen molar-refractivity contribution in [3.05, 3.63) is 34.4 Å². The molecule has 0 bridgehead atoms. The van der Waals surface area contributed by atoms with Crippen LogP contribution in [0, 0.1) is 0 Å². The van der Waals surface area contributed by atoms with Gasteiger partial charge >= 0.3 is 0 Å². The molecule has 0 aliphatic rings. The van der Waals surface area contributed by atoms with Crippen LogP contribution < -0.4 is 0 Å². The summed E-state index contributed by atoms with van der Waals surface area (Å²) in [6.45, 7) is 5.44. The summed E-state index contributed by atoms with van der Waals surface area (Å²) in [5.74, 6) is 0.0787. The number of H-pyrrole nitrogens is 1. The Bertz CT molecular complexity index is 543. The van der Waals surface area contributed by atoms with E-state index in [9.17, 15) is 4.79 Å². The number of hydrogen-bond acceptors (Lipinski definition) is 1. The van der Waals surface area contributed by atoms with E-state index in [1.54, 1.807) is 0 Å². The number of nitrogens with one attached hydrogen (secondary N) is 1. The topological polar surface area (TPSA) is 36.1 Å². The molecule has 1 aromatic heterocycles. The van der Waals surface area contributed by atoms with Crippen LogP contribution in [0.25, 0.3) is 10.9 Å². The molecule has 0 radical (unpaired) electrons. The van der Waals surface area contributed by atoms with Crippen molar-refractivity contribution in [3.8, 4) is 0 Å². The molecule has 1 heterocycles. The first-order chi connectivity index (χ1) is 8.19. The third-order valence-electron chi connectivity index (χ3n) is 2.95. The van der Waals surface area contributed by atoms with Crippen LogP contribution in [0.3, 0.4) is 0 Å². The van der Waals surface area contributed by atoms with Gasteiger partial charge in [-0.3, -0.25) is 4.79 Å². The first-order valence-corrected chi connectivity index (χ1v) is 6.53. The second kappa shape index (κ2) is 4.92. The molecule has 17 heavy (non-hydrogen) atoms. The number of hydrogen-bond donors (Lipinski definition) is 1. The zero-order chi connectivity index (χ0) is 12.4. The largest absolute Gasteiger partial charge is 0.359 e. The van der Waals surface area contributed by atoms with E-state index in [-0.39, 0.29) is 5.91 Å². The molecule has 0 unspecified atom stereocenters. The summed E-state index contributed by atoms with van der Waals surface area (Å²) in [5, 5.41) is 1.04. The molecule has 1 amide bonds. The number of aromatic amines is 1. The number of amides is 1. The van der Waals surface area contributed by atoms with E-state index >= 15 is 0 Å². The average molecular weight is 295 g/mol. The summed E-state index contributed by atoms with van der Waals surface area (Å²) in [6, 6.07) is 5.78. The summed E-state index contributed by atoms with van der Waals surface area (Å²) < 4.78 is 0.988. The summed E-state index contributed by atoms with van der Waals surface area (Å²) in [5.41, 5.74) is 1.63. The fourth-order valence-electron chi connectivity index (χ4n) is 1.98. The normalized spacial score (nSPS) is 10.8. The highest BCUT2D eigenvalue weighted by Gasteiger charge is 2.16. The van der Waals surface area contributed by atoms with Gasteiger partial charge in [0.25, 0.3) is 5.91 Å². The SMILES string of the molecule is CCN(CC)C(=O)c1cccc2c(Br)c[nH]c12. The van der Waals surface area contributed by atoms with Crippen LogP contribution in [0.2, 0.25) is 0 Å². The lowest BCUT2D eigenvalue weighted by atomic mass is 10.1. The maximum atomic E-state index is 12.3. The zero-order valence-corrected chi connectivity index (χ0v) is 11.5. The van der Waals surface area contributed by atoms with E-state index in [1.807, 2.05) is 43.1 Å². The molecule has 2 aromatic rings. The molecule has 0 saturated heterocycles. The van der Waals surface area contributed by atoms with E-state index in [4.69, 9.17) is 0 Å². The van der Waals surface area contributed by atoms with Crippen LogP contribution in [0.5, 0.6) is 0 Å². The monoisotopic (exact) mass is 294 g/mol. The van der Waals surface area contributed by atoms with Crippen molar-refractivity contribution in [2.75, 3.05) is 13.1 Å². The second-order valence-electron chi connectivity index (χ2n) is 3.84. The molecule has 90 valence electrons. The van der Waals surface area contributed by atoms with E-state index in [0.717, 1.165) is 34.0 Å². The van der Waals surface area contributed by atoms with Gasteiger partial charge in [-0.1, -0.05) is 12.1 Å². The standard InChI is InChI=1S/C13H15BrN2O/c1-3-16(4-2)13(17)10-7-5-6-9-11(14)8-15-12(9)10/h5-8,15H,3-4H2,1-2H3. The average Bonchev–Trinajstić information content (AvgIpc) is 2.73. The first kappa shape index (κ1) is 12.2. The van der Waals surface area contributed by atoms with Crippen molar-refractivity contribution in [2.24, 2.45) is 0 Å². The molecule has 0 spiro atoms. The fraction of sp³-hybridized carbons (Fsp3) is 0.308. The fourth-order valence-corrected chi connectivity index (χ4v) is 2.42. The predicted octanol–water partition coefficient (Wildman–Crippen LogP) is 3.41. The van der Waals surface area contributed by atoms with Crippen LogP contribution in [-0.4, -0.2) is 28.9 Å². The van der Waals surface area contributed by atoms with Gasteiger partial charge in [0, 0.05) is 29.1 Å². The summed E-state index contributed by atoms with van der Waals surface area (Å²) >= 11 is 3.47. The number of halogens is 1. The van der Waals surface area contributed by atoms with Crippen molar-refractivity contribution in [1.82, 2.24) is 9.88 Å². The third-order valence-corrected chi connectivity index (χ3v) is 3.60. The van der Waals surface area contributed by atoms with Crippen molar-refractivity contribution >= 4 is 32.7 Å². The van der Waals surface area contributed by atoms with Gasteiger partial charge in [-0.15, -0.1) is 0 Å². The molecule has 0 aliphatic carbocycles. The number of aromatic nitrogens is 1. The first-order valence-electron chi connectivity index (χ1n) is 5.73. The smallest absolute Gasteiger partial charge is 0.255 e. The van der Waals surface area contributed by atoms with Crippen LogP contribution in [-0.2, 0) is 0 Å². The molecule has 0 saturated carbocycles. The van der Waals surface area contributed by atoms with Crippen molar-refractivity contribution < 1.29 is 4.79 Å². The lowest BCUT2D eigenvalue weighted by Gasteiger charge is -2.18. The van der Waals surface area contributed by atoms with Gasteiger partial charge in [-0.2, -0.15) is 0 Å². The molecule has 0 atom stereocenters. The molecular formula is C13H15BrN2O. The van der Waals surface area contributed by atoms with Crippen LogP contribution >= 0.6 is 15.9 Å².